The smallest absolute Gasteiger partial charge is 0.252 e. The van der Waals surface area contributed by atoms with Gasteiger partial charge in [-0.05, 0) is 12.5 Å². The van der Waals surface area contributed by atoms with E-state index < -0.39 is 0 Å². The lowest BCUT2D eigenvalue weighted by Crippen LogP contribution is -2.18. The van der Waals surface area contributed by atoms with Gasteiger partial charge in [0.15, 0.2) is 0 Å². The lowest BCUT2D eigenvalue weighted by molar-refractivity contribution is 0.0962. The Kier molecular flexibility index (Phi) is 5.92. The van der Waals surface area contributed by atoms with Gasteiger partial charge < -0.3 is 15.4 Å². The van der Waals surface area contributed by atoms with Crippen molar-refractivity contribution >= 4 is 44.6 Å². The number of thiazole rings is 1. The van der Waals surface area contributed by atoms with Crippen molar-refractivity contribution in [1.29, 1.82) is 0 Å². The van der Waals surface area contributed by atoms with E-state index in [-0.39, 0.29) is 5.91 Å². The maximum Gasteiger partial charge on any atom is 0.252 e. The van der Waals surface area contributed by atoms with E-state index in [1.54, 1.807) is 54.5 Å². The second kappa shape index (κ2) is 8.93. The molecule has 148 valence electrons. The number of hydrogen-bond acceptors (Lipinski definition) is 9. The van der Waals surface area contributed by atoms with Crippen LogP contribution in [-0.4, -0.2) is 46.0 Å². The summed E-state index contributed by atoms with van der Waals surface area (Å²) in [4.78, 5) is 29.8. The zero-order valence-corrected chi connectivity index (χ0v) is 17.2. The van der Waals surface area contributed by atoms with Crippen LogP contribution in [0.3, 0.4) is 0 Å². The second-order valence-electron chi connectivity index (χ2n) is 6.01. The molecule has 0 aliphatic rings. The number of hydrogen-bond donors (Lipinski definition) is 2. The fraction of sp³-hybridized carbons (Fsp3) is 0.211. The van der Waals surface area contributed by atoms with Gasteiger partial charge in [0, 0.05) is 42.3 Å². The highest BCUT2D eigenvalue weighted by Crippen LogP contribution is 2.37. The maximum atomic E-state index is 11.7. The number of rotatable bonds is 8. The minimum Gasteiger partial charge on any atom is -0.492 e. The maximum absolute atomic E-state index is 11.7. The molecule has 0 fully saturated rings. The van der Waals surface area contributed by atoms with Gasteiger partial charge in [0.05, 0.1) is 23.8 Å². The van der Waals surface area contributed by atoms with Gasteiger partial charge in [-0.3, -0.25) is 9.78 Å². The van der Waals surface area contributed by atoms with Crippen LogP contribution in [0.2, 0.25) is 0 Å². The molecular formula is C19H18N6O2S2. The molecule has 0 aliphatic heterocycles. The van der Waals surface area contributed by atoms with Crippen molar-refractivity contribution in [1.82, 2.24) is 25.3 Å². The summed E-state index contributed by atoms with van der Waals surface area (Å²) in [6.07, 6.45) is 7.23. The van der Waals surface area contributed by atoms with Crippen LogP contribution in [0.4, 0.5) is 5.82 Å². The number of anilines is 1. The zero-order valence-electron chi connectivity index (χ0n) is 15.6. The highest BCUT2D eigenvalue weighted by molar-refractivity contribution is 7.18. The van der Waals surface area contributed by atoms with Gasteiger partial charge in [-0.15, -0.1) is 22.7 Å². The zero-order chi connectivity index (χ0) is 20.1. The summed E-state index contributed by atoms with van der Waals surface area (Å²) < 4.78 is 5.71. The molecule has 0 radical (unpaired) electrons. The van der Waals surface area contributed by atoms with Crippen molar-refractivity contribution in [3.05, 3.63) is 47.3 Å². The SMILES string of the molecule is CNC(=O)c1cncc(OCCCNc2ncnc3scc(-c4nccs4)c23)c1. The van der Waals surface area contributed by atoms with E-state index in [1.807, 2.05) is 5.38 Å². The number of aromatic nitrogens is 4. The van der Waals surface area contributed by atoms with E-state index in [0.717, 1.165) is 33.0 Å². The molecule has 0 unspecified atom stereocenters. The summed E-state index contributed by atoms with van der Waals surface area (Å²) in [5.41, 5.74) is 1.52. The molecule has 2 N–H and O–H groups in total. The van der Waals surface area contributed by atoms with Crippen molar-refractivity contribution in [3.63, 3.8) is 0 Å². The van der Waals surface area contributed by atoms with Gasteiger partial charge in [-0.25, -0.2) is 15.0 Å². The minimum atomic E-state index is -0.191. The highest BCUT2D eigenvalue weighted by atomic mass is 32.1. The van der Waals surface area contributed by atoms with Gasteiger partial charge in [0.1, 0.15) is 27.7 Å². The Labute approximate surface area is 175 Å². The molecule has 4 rings (SSSR count). The molecular weight excluding hydrogens is 408 g/mol. The van der Waals surface area contributed by atoms with E-state index in [4.69, 9.17) is 4.74 Å². The first kappa shape index (κ1) is 19.2. The van der Waals surface area contributed by atoms with Gasteiger partial charge in [-0.2, -0.15) is 0 Å². The molecule has 4 aromatic heterocycles. The molecule has 29 heavy (non-hydrogen) atoms. The van der Waals surface area contributed by atoms with Crippen LogP contribution >= 0.6 is 22.7 Å². The first-order valence-electron chi connectivity index (χ1n) is 8.92. The summed E-state index contributed by atoms with van der Waals surface area (Å²) in [6.45, 7) is 1.17. The van der Waals surface area contributed by atoms with Crippen molar-refractivity contribution in [2.45, 2.75) is 6.42 Å². The summed E-state index contributed by atoms with van der Waals surface area (Å²) in [7, 11) is 1.58. The second-order valence-corrected chi connectivity index (χ2v) is 7.76. The molecule has 0 spiro atoms. The number of carbonyl (C=O) groups is 1. The molecule has 0 aliphatic carbocycles. The number of thiophene rings is 1. The average Bonchev–Trinajstić information content (AvgIpc) is 3.43. The van der Waals surface area contributed by atoms with E-state index >= 15 is 0 Å². The highest BCUT2D eigenvalue weighted by Gasteiger charge is 2.14. The predicted octanol–water partition coefficient (Wildman–Crippen LogP) is 3.45. The summed E-state index contributed by atoms with van der Waals surface area (Å²) in [5.74, 6) is 1.17. The Bertz CT molecular complexity index is 1110. The Morgan fingerprint density at radius 1 is 1.21 bits per heavy atom. The van der Waals surface area contributed by atoms with Crippen molar-refractivity contribution < 1.29 is 9.53 Å². The molecule has 1 amide bonds. The molecule has 0 saturated carbocycles. The summed E-state index contributed by atoms with van der Waals surface area (Å²) in [6, 6.07) is 1.68. The molecule has 10 heteroatoms. The van der Waals surface area contributed by atoms with Crippen LogP contribution in [0.25, 0.3) is 20.8 Å². The Morgan fingerprint density at radius 3 is 2.97 bits per heavy atom. The lowest BCUT2D eigenvalue weighted by atomic mass is 10.2. The van der Waals surface area contributed by atoms with Gasteiger partial charge in [0.2, 0.25) is 0 Å². The Morgan fingerprint density at radius 2 is 2.14 bits per heavy atom. The van der Waals surface area contributed by atoms with Crippen LogP contribution < -0.4 is 15.4 Å². The fourth-order valence-electron chi connectivity index (χ4n) is 2.76. The number of nitrogens with zero attached hydrogens (tertiary/aromatic N) is 4. The fourth-order valence-corrected chi connectivity index (χ4v) is 4.38. The number of pyridine rings is 1. The van der Waals surface area contributed by atoms with Gasteiger partial charge in [0.25, 0.3) is 5.91 Å². The number of ether oxygens (including phenoxy) is 1. The molecule has 0 aromatic carbocycles. The van der Waals surface area contributed by atoms with E-state index in [0.29, 0.717) is 24.5 Å². The van der Waals surface area contributed by atoms with Gasteiger partial charge >= 0.3 is 0 Å². The molecule has 8 nitrogen and oxygen atoms in total. The molecule has 0 saturated heterocycles. The number of nitrogens with one attached hydrogen (secondary N) is 2. The van der Waals surface area contributed by atoms with Crippen LogP contribution in [-0.2, 0) is 0 Å². The normalized spacial score (nSPS) is 10.8. The third-order valence-electron chi connectivity index (χ3n) is 4.12. The number of amides is 1. The standard InChI is InChI=1S/C19H18N6O2S2/c1-20-17(26)12-7-13(9-21-8-12)27-5-2-3-22-16-15-14(18-23-4-6-28-18)10-29-19(15)25-11-24-16/h4,6-11H,2-3,5H2,1H3,(H,20,26)(H,22,24,25). The van der Waals surface area contributed by atoms with Crippen LogP contribution in [0.5, 0.6) is 5.75 Å². The molecule has 4 heterocycles. The summed E-state index contributed by atoms with van der Waals surface area (Å²) in [5, 5.41) is 11.9. The predicted molar refractivity (Wildman–Crippen MR) is 115 cm³/mol. The third kappa shape index (κ3) is 4.33. The van der Waals surface area contributed by atoms with Crippen LogP contribution in [0.1, 0.15) is 16.8 Å². The number of carbonyl (C=O) groups excluding carboxylic acids is 1. The minimum absolute atomic E-state index is 0.191. The Balaban J connectivity index is 1.36. The monoisotopic (exact) mass is 426 g/mol. The summed E-state index contributed by atoms with van der Waals surface area (Å²) >= 11 is 3.18. The molecule has 0 bridgehead atoms. The van der Waals surface area contributed by atoms with Crippen molar-refractivity contribution in [2.24, 2.45) is 0 Å². The molecule has 4 aromatic rings. The van der Waals surface area contributed by atoms with E-state index in [2.05, 4.69) is 35.9 Å². The number of fused-ring (bicyclic) bond motifs is 1. The third-order valence-corrected chi connectivity index (χ3v) is 5.81. The topological polar surface area (TPSA) is 102 Å². The van der Waals surface area contributed by atoms with Crippen molar-refractivity contribution in [2.75, 3.05) is 25.5 Å². The average molecular weight is 427 g/mol. The van der Waals surface area contributed by atoms with Crippen LogP contribution in [0.15, 0.2) is 41.7 Å². The molecule has 0 atom stereocenters. The Hall–Kier alpha value is -3.11. The first-order valence-corrected chi connectivity index (χ1v) is 10.7. The lowest BCUT2D eigenvalue weighted by Gasteiger charge is -2.09. The first-order chi connectivity index (χ1) is 14.3. The largest absolute Gasteiger partial charge is 0.492 e. The van der Waals surface area contributed by atoms with E-state index in [1.165, 1.54) is 6.20 Å². The van der Waals surface area contributed by atoms with Crippen LogP contribution in [0, 0.1) is 0 Å². The van der Waals surface area contributed by atoms with Crippen molar-refractivity contribution in [3.8, 4) is 16.3 Å². The quantitative estimate of drug-likeness (QED) is 0.416. The van der Waals surface area contributed by atoms with E-state index in [9.17, 15) is 4.79 Å². The van der Waals surface area contributed by atoms with Gasteiger partial charge in [-0.1, -0.05) is 0 Å².